The van der Waals surface area contributed by atoms with Crippen molar-refractivity contribution in [2.24, 2.45) is 0 Å². The smallest absolute Gasteiger partial charge is 0.335 e. The molecule has 0 saturated heterocycles. The van der Waals surface area contributed by atoms with Gasteiger partial charge in [-0.25, -0.2) is 14.3 Å². The summed E-state index contributed by atoms with van der Waals surface area (Å²) in [7, 11) is 0. The Morgan fingerprint density at radius 1 is 1.42 bits per heavy atom. The molecule has 2 aromatic heterocycles. The van der Waals surface area contributed by atoms with Crippen molar-refractivity contribution in [3.63, 3.8) is 0 Å². The summed E-state index contributed by atoms with van der Waals surface area (Å²) in [5.74, 6) is 0.289. The van der Waals surface area contributed by atoms with E-state index in [0.29, 0.717) is 23.3 Å². The second kappa shape index (κ2) is 3.47. The molecule has 3 N–H and O–H groups in total. The van der Waals surface area contributed by atoms with E-state index >= 15 is 0 Å². The summed E-state index contributed by atoms with van der Waals surface area (Å²) in [4.78, 5) is 19.6. The third kappa shape index (κ3) is 1.62. The van der Waals surface area contributed by atoms with Gasteiger partial charge < -0.3 is 10.4 Å². The largest absolute Gasteiger partial charge is 0.478 e. The monoisotopic (exact) mass is 257 g/mol. The molecule has 0 atom stereocenters. The molecule has 0 spiro atoms. The minimum atomic E-state index is -0.956. The Morgan fingerprint density at radius 3 is 3.00 bits per heavy atom. The van der Waals surface area contributed by atoms with Gasteiger partial charge in [0, 0.05) is 6.04 Å². The van der Waals surface area contributed by atoms with Crippen LogP contribution in [0, 0.1) is 0 Å². The van der Waals surface area contributed by atoms with Crippen LogP contribution in [0.3, 0.4) is 0 Å². The summed E-state index contributed by atoms with van der Waals surface area (Å²) in [6.45, 7) is 0. The number of H-pyrrole nitrogens is 1. The number of benzene rings is 1. The number of aromatic amines is 1. The van der Waals surface area contributed by atoms with Crippen molar-refractivity contribution in [2.45, 2.75) is 18.9 Å². The van der Waals surface area contributed by atoms with Gasteiger partial charge in [-0.2, -0.15) is 4.98 Å². The number of aromatic nitrogens is 4. The van der Waals surface area contributed by atoms with Crippen molar-refractivity contribution in [3.05, 3.63) is 23.8 Å². The second-order valence-electron chi connectivity index (χ2n) is 4.75. The second-order valence-corrected chi connectivity index (χ2v) is 4.75. The van der Waals surface area contributed by atoms with Crippen LogP contribution in [0.4, 0.5) is 5.95 Å². The Kier molecular flexibility index (Phi) is 1.89. The standard InChI is InChI=1S/C12H11N5O2/c18-10(19)6-1-4-9-8(5-6)14-12-15-11(16-17(9)12)13-7-2-3-7/h1,4-5,7H,2-3H2,(H,18,19)(H2,13,14,15,16). The third-order valence-electron chi connectivity index (χ3n) is 3.23. The van der Waals surface area contributed by atoms with Crippen LogP contribution in [0.5, 0.6) is 0 Å². The van der Waals surface area contributed by atoms with Crippen LogP contribution in [0.1, 0.15) is 23.2 Å². The van der Waals surface area contributed by atoms with Gasteiger partial charge in [-0.1, -0.05) is 0 Å². The highest BCUT2D eigenvalue weighted by atomic mass is 16.4. The summed E-state index contributed by atoms with van der Waals surface area (Å²) in [5.41, 5.74) is 1.66. The number of hydrogen-bond acceptors (Lipinski definition) is 4. The molecule has 0 radical (unpaired) electrons. The number of rotatable bonds is 3. The fourth-order valence-electron chi connectivity index (χ4n) is 2.10. The van der Waals surface area contributed by atoms with E-state index in [-0.39, 0.29) is 5.56 Å². The highest BCUT2D eigenvalue weighted by molar-refractivity contribution is 5.93. The van der Waals surface area contributed by atoms with Crippen molar-refractivity contribution in [1.82, 2.24) is 19.6 Å². The molecular weight excluding hydrogens is 246 g/mol. The molecule has 96 valence electrons. The first-order valence-electron chi connectivity index (χ1n) is 6.09. The number of fused-ring (bicyclic) bond motifs is 3. The molecule has 0 amide bonds. The van der Waals surface area contributed by atoms with Gasteiger partial charge in [0.25, 0.3) is 5.78 Å². The Morgan fingerprint density at radius 2 is 2.26 bits per heavy atom. The summed E-state index contributed by atoms with van der Waals surface area (Å²) >= 11 is 0. The van der Waals surface area contributed by atoms with Gasteiger partial charge >= 0.3 is 5.97 Å². The number of hydrogen-bond donors (Lipinski definition) is 3. The average Bonchev–Trinajstić information content (AvgIpc) is 2.99. The van der Waals surface area contributed by atoms with E-state index in [1.165, 1.54) is 12.8 Å². The number of carbonyl (C=O) groups is 1. The predicted molar refractivity (Wildman–Crippen MR) is 68.4 cm³/mol. The van der Waals surface area contributed by atoms with Crippen LogP contribution in [0.15, 0.2) is 18.2 Å². The van der Waals surface area contributed by atoms with Gasteiger partial charge in [0.2, 0.25) is 5.95 Å². The van der Waals surface area contributed by atoms with E-state index in [4.69, 9.17) is 5.11 Å². The number of aromatic carboxylic acids is 1. The third-order valence-corrected chi connectivity index (χ3v) is 3.23. The summed E-state index contributed by atoms with van der Waals surface area (Å²) in [6, 6.07) is 5.36. The van der Waals surface area contributed by atoms with Gasteiger partial charge in [-0.3, -0.25) is 5.10 Å². The molecule has 19 heavy (non-hydrogen) atoms. The SMILES string of the molecule is O=C(O)c1ccc2c(c1)nc1nc(NC3CC3)[nH]n12. The van der Waals surface area contributed by atoms with E-state index in [1.54, 1.807) is 22.7 Å². The molecule has 0 bridgehead atoms. The zero-order valence-corrected chi connectivity index (χ0v) is 9.92. The molecule has 1 aliphatic rings. The van der Waals surface area contributed by atoms with E-state index in [1.807, 2.05) is 0 Å². The van der Waals surface area contributed by atoms with E-state index in [9.17, 15) is 4.79 Å². The quantitative estimate of drug-likeness (QED) is 0.660. The molecule has 7 heteroatoms. The number of carboxylic acid groups (broad SMARTS) is 1. The molecule has 3 aromatic rings. The van der Waals surface area contributed by atoms with E-state index in [0.717, 1.165) is 5.52 Å². The molecule has 1 aromatic carbocycles. The Labute approximate surface area is 107 Å². The average molecular weight is 257 g/mol. The van der Waals surface area contributed by atoms with Gasteiger partial charge in [0.15, 0.2) is 0 Å². The van der Waals surface area contributed by atoms with Gasteiger partial charge in [0.1, 0.15) is 0 Å². The van der Waals surface area contributed by atoms with Gasteiger partial charge in [0.05, 0.1) is 16.6 Å². The van der Waals surface area contributed by atoms with Crippen molar-refractivity contribution in [3.8, 4) is 0 Å². The molecule has 2 heterocycles. The minimum absolute atomic E-state index is 0.226. The number of anilines is 1. The zero-order chi connectivity index (χ0) is 13.0. The fraction of sp³-hybridized carbons (Fsp3) is 0.250. The maximum absolute atomic E-state index is 10.9. The first-order chi connectivity index (χ1) is 9.20. The molecule has 1 fully saturated rings. The minimum Gasteiger partial charge on any atom is -0.478 e. The maximum atomic E-state index is 10.9. The first kappa shape index (κ1) is 10.4. The number of nitrogens with one attached hydrogen (secondary N) is 2. The van der Waals surface area contributed by atoms with Crippen LogP contribution in [0.25, 0.3) is 16.8 Å². The zero-order valence-electron chi connectivity index (χ0n) is 9.92. The van der Waals surface area contributed by atoms with Crippen molar-refractivity contribution >= 4 is 28.7 Å². The molecule has 0 aliphatic heterocycles. The van der Waals surface area contributed by atoms with Crippen LogP contribution in [-0.4, -0.2) is 36.7 Å². The lowest BCUT2D eigenvalue weighted by Crippen LogP contribution is -2.02. The lowest BCUT2D eigenvalue weighted by molar-refractivity contribution is 0.0697. The van der Waals surface area contributed by atoms with E-state index in [2.05, 4.69) is 20.4 Å². The maximum Gasteiger partial charge on any atom is 0.335 e. The molecule has 4 rings (SSSR count). The number of nitrogens with zero attached hydrogens (tertiary/aromatic N) is 3. The molecular formula is C12H11N5O2. The topological polar surface area (TPSA) is 95.3 Å². The van der Waals surface area contributed by atoms with Crippen LogP contribution in [-0.2, 0) is 0 Å². The van der Waals surface area contributed by atoms with Crippen molar-refractivity contribution < 1.29 is 9.90 Å². The normalized spacial score (nSPS) is 15.2. The molecule has 0 unspecified atom stereocenters. The van der Waals surface area contributed by atoms with Crippen LogP contribution >= 0.6 is 0 Å². The molecule has 1 saturated carbocycles. The summed E-state index contributed by atoms with van der Waals surface area (Å²) < 4.78 is 1.76. The Bertz CT molecular complexity index is 799. The fourth-order valence-corrected chi connectivity index (χ4v) is 2.10. The van der Waals surface area contributed by atoms with Crippen molar-refractivity contribution in [2.75, 3.05) is 5.32 Å². The first-order valence-corrected chi connectivity index (χ1v) is 6.09. The van der Waals surface area contributed by atoms with Crippen LogP contribution < -0.4 is 5.32 Å². The lowest BCUT2D eigenvalue weighted by Gasteiger charge is -1.97. The molecule has 7 nitrogen and oxygen atoms in total. The number of carboxylic acids is 1. The molecule has 1 aliphatic carbocycles. The highest BCUT2D eigenvalue weighted by Crippen LogP contribution is 2.24. The Balaban J connectivity index is 1.84. The summed E-state index contributed by atoms with van der Waals surface area (Å²) in [5, 5.41) is 15.3. The number of imidazole rings is 1. The van der Waals surface area contributed by atoms with E-state index < -0.39 is 5.97 Å². The van der Waals surface area contributed by atoms with Gasteiger partial charge in [-0.05, 0) is 31.0 Å². The van der Waals surface area contributed by atoms with Gasteiger partial charge in [-0.15, -0.1) is 0 Å². The van der Waals surface area contributed by atoms with Crippen LogP contribution in [0.2, 0.25) is 0 Å². The Hall–Kier alpha value is -2.57. The highest BCUT2D eigenvalue weighted by Gasteiger charge is 2.22. The van der Waals surface area contributed by atoms with Crippen molar-refractivity contribution in [1.29, 1.82) is 0 Å². The lowest BCUT2D eigenvalue weighted by atomic mass is 10.2. The summed E-state index contributed by atoms with van der Waals surface area (Å²) in [6.07, 6.45) is 2.34. The predicted octanol–water partition coefficient (Wildman–Crippen LogP) is 1.48.